The van der Waals surface area contributed by atoms with Gasteiger partial charge in [0.2, 0.25) is 0 Å². The molecular formula is C19H23NO. The van der Waals surface area contributed by atoms with E-state index in [1.54, 1.807) is 0 Å². The van der Waals surface area contributed by atoms with Crippen LogP contribution in [0.4, 0.5) is 0 Å². The highest BCUT2D eigenvalue weighted by atomic mass is 16.5. The minimum absolute atomic E-state index is 0.633. The molecule has 0 amide bonds. The van der Waals surface area contributed by atoms with Gasteiger partial charge in [-0.1, -0.05) is 42.5 Å². The second-order valence-electron chi connectivity index (χ2n) is 5.93. The van der Waals surface area contributed by atoms with Gasteiger partial charge in [0.25, 0.3) is 0 Å². The molecule has 0 radical (unpaired) electrons. The van der Waals surface area contributed by atoms with Crippen LogP contribution in [0.25, 0.3) is 0 Å². The summed E-state index contributed by atoms with van der Waals surface area (Å²) in [4.78, 5) is 0. The molecule has 21 heavy (non-hydrogen) atoms. The molecule has 1 aliphatic rings. The third-order valence-corrected chi connectivity index (χ3v) is 4.09. The maximum Gasteiger partial charge on any atom is 0.127 e. The largest absolute Gasteiger partial charge is 0.488 e. The lowest BCUT2D eigenvalue weighted by atomic mass is 10.1. The Morgan fingerprint density at radius 3 is 2.43 bits per heavy atom. The van der Waals surface area contributed by atoms with Crippen molar-refractivity contribution in [2.45, 2.75) is 45.9 Å². The summed E-state index contributed by atoms with van der Waals surface area (Å²) in [6.07, 6.45) is 2.62. The molecule has 3 rings (SSSR count). The summed E-state index contributed by atoms with van der Waals surface area (Å²) in [6, 6.07) is 15.5. The standard InChI is InChI=1S/C19H23NO/c1-14-6-3-4-8-17(14)13-21-19-15(2)7-5-9-16(19)12-20-18-10-11-18/h3-9,18,20H,10-13H2,1-2H3. The van der Waals surface area contributed by atoms with Crippen molar-refractivity contribution in [2.24, 2.45) is 0 Å². The Balaban J connectivity index is 1.72. The molecule has 2 heteroatoms. The molecule has 2 aromatic carbocycles. The van der Waals surface area contributed by atoms with Crippen LogP contribution in [0.1, 0.15) is 35.1 Å². The molecule has 1 aliphatic carbocycles. The summed E-state index contributed by atoms with van der Waals surface area (Å²) >= 11 is 0. The first kappa shape index (κ1) is 14.2. The van der Waals surface area contributed by atoms with Crippen molar-refractivity contribution < 1.29 is 4.74 Å². The molecule has 0 heterocycles. The van der Waals surface area contributed by atoms with Crippen LogP contribution in [0.2, 0.25) is 0 Å². The first-order chi connectivity index (χ1) is 10.2. The molecule has 1 saturated carbocycles. The molecule has 1 fully saturated rings. The summed E-state index contributed by atoms with van der Waals surface area (Å²) in [7, 11) is 0. The van der Waals surface area contributed by atoms with Crippen LogP contribution in [0, 0.1) is 13.8 Å². The lowest BCUT2D eigenvalue weighted by Crippen LogP contribution is -2.16. The van der Waals surface area contributed by atoms with Crippen molar-refractivity contribution in [1.29, 1.82) is 0 Å². The number of rotatable bonds is 6. The summed E-state index contributed by atoms with van der Waals surface area (Å²) in [6.45, 7) is 5.78. The Kier molecular flexibility index (Phi) is 4.26. The summed E-state index contributed by atoms with van der Waals surface area (Å²) < 4.78 is 6.15. The average Bonchev–Trinajstić information content (AvgIpc) is 3.30. The molecule has 2 aromatic rings. The lowest BCUT2D eigenvalue weighted by Gasteiger charge is -2.15. The van der Waals surface area contributed by atoms with E-state index < -0.39 is 0 Å². The van der Waals surface area contributed by atoms with Crippen LogP contribution in [0.3, 0.4) is 0 Å². The van der Waals surface area contributed by atoms with E-state index in [0.717, 1.165) is 18.3 Å². The smallest absolute Gasteiger partial charge is 0.127 e. The number of aryl methyl sites for hydroxylation is 2. The van der Waals surface area contributed by atoms with Gasteiger partial charge in [0.1, 0.15) is 12.4 Å². The van der Waals surface area contributed by atoms with Crippen molar-refractivity contribution in [3.05, 3.63) is 64.7 Å². The topological polar surface area (TPSA) is 21.3 Å². The van der Waals surface area contributed by atoms with Gasteiger partial charge in [0.05, 0.1) is 0 Å². The van der Waals surface area contributed by atoms with Crippen molar-refractivity contribution in [3.8, 4) is 5.75 Å². The first-order valence-electron chi connectivity index (χ1n) is 7.73. The molecule has 0 aliphatic heterocycles. The molecule has 0 atom stereocenters. The van der Waals surface area contributed by atoms with E-state index in [-0.39, 0.29) is 0 Å². The summed E-state index contributed by atoms with van der Waals surface area (Å²) in [5, 5.41) is 3.57. The molecule has 110 valence electrons. The van der Waals surface area contributed by atoms with E-state index in [0.29, 0.717) is 6.61 Å². The average molecular weight is 281 g/mol. The molecule has 0 unspecified atom stereocenters. The number of hydrogen-bond donors (Lipinski definition) is 1. The van der Waals surface area contributed by atoms with E-state index in [1.807, 2.05) is 0 Å². The quantitative estimate of drug-likeness (QED) is 0.859. The number of para-hydroxylation sites is 1. The van der Waals surface area contributed by atoms with Crippen molar-refractivity contribution in [2.75, 3.05) is 0 Å². The zero-order valence-electron chi connectivity index (χ0n) is 12.9. The molecule has 0 aromatic heterocycles. The van der Waals surface area contributed by atoms with Gasteiger partial charge in [-0.3, -0.25) is 0 Å². The van der Waals surface area contributed by atoms with Crippen molar-refractivity contribution in [1.82, 2.24) is 5.32 Å². The Morgan fingerprint density at radius 2 is 1.67 bits per heavy atom. The van der Waals surface area contributed by atoms with Crippen molar-refractivity contribution >= 4 is 0 Å². The fourth-order valence-electron chi connectivity index (χ4n) is 2.52. The second-order valence-corrected chi connectivity index (χ2v) is 5.93. The number of nitrogens with one attached hydrogen (secondary N) is 1. The van der Waals surface area contributed by atoms with Gasteiger partial charge in [0.15, 0.2) is 0 Å². The van der Waals surface area contributed by atoms with Gasteiger partial charge in [-0.2, -0.15) is 0 Å². The molecule has 1 N–H and O–H groups in total. The number of benzene rings is 2. The van der Waals surface area contributed by atoms with Gasteiger partial charge < -0.3 is 10.1 Å². The van der Waals surface area contributed by atoms with Crippen LogP contribution in [-0.4, -0.2) is 6.04 Å². The fourth-order valence-corrected chi connectivity index (χ4v) is 2.52. The fraction of sp³-hybridized carbons (Fsp3) is 0.368. The third kappa shape index (κ3) is 3.64. The van der Waals surface area contributed by atoms with Gasteiger partial charge >= 0.3 is 0 Å². The van der Waals surface area contributed by atoms with Crippen molar-refractivity contribution in [3.63, 3.8) is 0 Å². The van der Waals surface area contributed by atoms with Crippen LogP contribution < -0.4 is 10.1 Å². The molecule has 0 saturated heterocycles. The zero-order chi connectivity index (χ0) is 14.7. The Bertz CT molecular complexity index is 617. The SMILES string of the molecule is Cc1ccccc1COc1c(C)cccc1CNC1CC1. The van der Waals surface area contributed by atoms with E-state index in [9.17, 15) is 0 Å². The van der Waals surface area contributed by atoms with Gasteiger partial charge in [-0.05, 0) is 43.4 Å². The normalized spacial score (nSPS) is 14.2. The zero-order valence-corrected chi connectivity index (χ0v) is 12.9. The molecular weight excluding hydrogens is 258 g/mol. The van der Waals surface area contributed by atoms with Crippen LogP contribution in [0.5, 0.6) is 5.75 Å². The number of ether oxygens (including phenoxy) is 1. The van der Waals surface area contributed by atoms with Gasteiger partial charge in [-0.15, -0.1) is 0 Å². The molecule has 0 bridgehead atoms. The van der Waals surface area contributed by atoms with Crippen LogP contribution >= 0.6 is 0 Å². The van der Waals surface area contributed by atoms with Gasteiger partial charge in [0, 0.05) is 18.2 Å². The third-order valence-electron chi connectivity index (χ3n) is 4.09. The monoisotopic (exact) mass is 281 g/mol. The van der Waals surface area contributed by atoms with Crippen LogP contribution in [-0.2, 0) is 13.2 Å². The second kappa shape index (κ2) is 6.31. The molecule has 0 spiro atoms. The highest BCUT2D eigenvalue weighted by molar-refractivity contribution is 5.41. The van der Waals surface area contributed by atoms with E-state index in [1.165, 1.54) is 35.1 Å². The highest BCUT2D eigenvalue weighted by Crippen LogP contribution is 2.26. The minimum Gasteiger partial charge on any atom is -0.488 e. The van der Waals surface area contributed by atoms with E-state index >= 15 is 0 Å². The van der Waals surface area contributed by atoms with E-state index in [2.05, 4.69) is 61.6 Å². The van der Waals surface area contributed by atoms with Crippen LogP contribution in [0.15, 0.2) is 42.5 Å². The summed E-state index contributed by atoms with van der Waals surface area (Å²) in [5.74, 6) is 1.04. The summed E-state index contributed by atoms with van der Waals surface area (Å²) in [5.41, 5.74) is 5.00. The first-order valence-corrected chi connectivity index (χ1v) is 7.73. The molecule has 2 nitrogen and oxygen atoms in total. The Hall–Kier alpha value is -1.80. The van der Waals surface area contributed by atoms with Gasteiger partial charge in [-0.25, -0.2) is 0 Å². The van der Waals surface area contributed by atoms with E-state index in [4.69, 9.17) is 4.74 Å². The maximum absolute atomic E-state index is 6.15. The maximum atomic E-state index is 6.15. The predicted molar refractivity (Wildman–Crippen MR) is 86.6 cm³/mol. The Morgan fingerprint density at radius 1 is 0.952 bits per heavy atom. The lowest BCUT2D eigenvalue weighted by molar-refractivity contribution is 0.299. The predicted octanol–water partition coefficient (Wildman–Crippen LogP) is 4.13. The number of hydrogen-bond acceptors (Lipinski definition) is 2. The highest BCUT2D eigenvalue weighted by Gasteiger charge is 2.20. The minimum atomic E-state index is 0.633. The Labute approximate surface area is 127 Å².